The summed E-state index contributed by atoms with van der Waals surface area (Å²) in [5, 5.41) is 3.29. The van der Waals surface area contributed by atoms with Crippen molar-refractivity contribution in [1.29, 1.82) is 0 Å². The van der Waals surface area contributed by atoms with Gasteiger partial charge in [-0.05, 0) is 31.0 Å². The molecular weight excluding hydrogens is 317 g/mol. The van der Waals surface area contributed by atoms with E-state index in [1.54, 1.807) is 6.07 Å². The summed E-state index contributed by atoms with van der Waals surface area (Å²) in [6.07, 6.45) is 6.18. The minimum atomic E-state index is -0.190. The van der Waals surface area contributed by atoms with Crippen LogP contribution in [-0.2, 0) is 0 Å². The van der Waals surface area contributed by atoms with Crippen molar-refractivity contribution in [2.75, 3.05) is 31.1 Å². The third kappa shape index (κ3) is 2.66. The molecule has 2 aromatic heterocycles. The lowest BCUT2D eigenvalue weighted by Crippen LogP contribution is -2.43. The lowest BCUT2D eigenvalue weighted by molar-refractivity contribution is 0.566. The Morgan fingerprint density at radius 1 is 1.08 bits per heavy atom. The first kappa shape index (κ1) is 14.8. The van der Waals surface area contributed by atoms with E-state index in [9.17, 15) is 4.39 Å². The number of anilines is 1. The first-order chi connectivity index (χ1) is 12.3. The zero-order chi connectivity index (χ0) is 16.8. The monoisotopic (exact) mass is 337 g/mol. The second-order valence-electron chi connectivity index (χ2n) is 6.84. The number of hydrogen-bond acceptors (Lipinski definition) is 4. The maximum Gasteiger partial charge on any atom is 0.147 e. The Hall–Kier alpha value is -2.47. The second kappa shape index (κ2) is 5.81. The fraction of sp³-hybridized carbons (Fsp3) is 0.368. The SMILES string of the molecule is Fc1cc(-c2cc3ncn(C4CC4)c3cn2)ccc1N1CCNCC1. The number of nitrogens with one attached hydrogen (secondary N) is 1. The topological polar surface area (TPSA) is 46.0 Å². The average Bonchev–Trinajstić information content (AvgIpc) is 3.41. The quantitative estimate of drug-likeness (QED) is 0.798. The fourth-order valence-corrected chi connectivity index (χ4v) is 3.56. The van der Waals surface area contributed by atoms with Crippen LogP contribution in [0.4, 0.5) is 10.1 Å². The number of benzene rings is 1. The third-order valence-corrected chi connectivity index (χ3v) is 5.10. The van der Waals surface area contributed by atoms with Crippen molar-refractivity contribution in [3.05, 3.63) is 42.6 Å². The number of pyridine rings is 1. The van der Waals surface area contributed by atoms with Crippen molar-refractivity contribution in [3.63, 3.8) is 0 Å². The molecule has 6 heteroatoms. The van der Waals surface area contributed by atoms with Crippen molar-refractivity contribution in [3.8, 4) is 11.3 Å². The molecule has 5 nitrogen and oxygen atoms in total. The summed E-state index contributed by atoms with van der Waals surface area (Å²) in [6, 6.07) is 7.93. The standard InChI is InChI=1S/C19H20FN5/c20-15-9-13(1-4-18(15)24-7-5-21-6-8-24)16-10-17-19(11-22-16)25(12-23-17)14-2-3-14/h1,4,9-12,14,21H,2-3,5-8H2. The molecule has 0 radical (unpaired) electrons. The first-order valence-electron chi connectivity index (χ1n) is 8.88. The van der Waals surface area contributed by atoms with E-state index < -0.39 is 0 Å². The maximum atomic E-state index is 14.6. The van der Waals surface area contributed by atoms with Crippen LogP contribution in [0.3, 0.4) is 0 Å². The van der Waals surface area contributed by atoms with Crippen LogP contribution in [0.1, 0.15) is 18.9 Å². The van der Waals surface area contributed by atoms with Crippen molar-refractivity contribution in [2.45, 2.75) is 18.9 Å². The summed E-state index contributed by atoms with van der Waals surface area (Å²) in [4.78, 5) is 11.1. The molecule has 0 bridgehead atoms. The molecule has 1 saturated carbocycles. The number of piperazine rings is 1. The van der Waals surface area contributed by atoms with E-state index in [1.165, 1.54) is 12.8 Å². The first-order valence-corrected chi connectivity index (χ1v) is 8.88. The summed E-state index contributed by atoms with van der Waals surface area (Å²) in [5.74, 6) is -0.190. The Labute approximate surface area is 145 Å². The van der Waals surface area contributed by atoms with E-state index in [2.05, 4.69) is 24.8 Å². The van der Waals surface area contributed by atoms with Gasteiger partial charge in [-0.2, -0.15) is 0 Å². The van der Waals surface area contributed by atoms with Crippen LogP contribution in [0.15, 0.2) is 36.8 Å². The smallest absolute Gasteiger partial charge is 0.147 e. The number of fused-ring (bicyclic) bond motifs is 1. The van der Waals surface area contributed by atoms with E-state index in [0.29, 0.717) is 11.7 Å². The van der Waals surface area contributed by atoms with Crippen molar-refractivity contribution >= 4 is 16.7 Å². The fourth-order valence-electron chi connectivity index (χ4n) is 3.56. The Morgan fingerprint density at radius 2 is 1.92 bits per heavy atom. The number of nitrogens with zero attached hydrogens (tertiary/aromatic N) is 4. The summed E-state index contributed by atoms with van der Waals surface area (Å²) in [5.41, 5.74) is 4.20. The van der Waals surface area contributed by atoms with Gasteiger partial charge in [0, 0.05) is 37.8 Å². The predicted octanol–water partition coefficient (Wildman–Crippen LogP) is 2.98. The van der Waals surface area contributed by atoms with Crippen LogP contribution in [0.25, 0.3) is 22.3 Å². The minimum Gasteiger partial charge on any atom is -0.367 e. The van der Waals surface area contributed by atoms with Gasteiger partial charge in [-0.15, -0.1) is 0 Å². The van der Waals surface area contributed by atoms with E-state index in [1.807, 2.05) is 30.7 Å². The van der Waals surface area contributed by atoms with Crippen LogP contribution in [0.5, 0.6) is 0 Å². The molecule has 0 amide bonds. The Kier molecular flexibility index (Phi) is 3.45. The van der Waals surface area contributed by atoms with Crippen molar-refractivity contribution in [1.82, 2.24) is 19.9 Å². The molecule has 25 heavy (non-hydrogen) atoms. The lowest BCUT2D eigenvalue weighted by Gasteiger charge is -2.29. The highest BCUT2D eigenvalue weighted by atomic mass is 19.1. The summed E-state index contributed by atoms with van der Waals surface area (Å²) in [7, 11) is 0. The normalized spacial score (nSPS) is 18.0. The maximum absolute atomic E-state index is 14.6. The zero-order valence-electron chi connectivity index (χ0n) is 14.0. The number of rotatable bonds is 3. The van der Waals surface area contributed by atoms with Gasteiger partial charge in [-0.3, -0.25) is 4.98 Å². The van der Waals surface area contributed by atoms with Crippen LogP contribution in [0, 0.1) is 5.82 Å². The molecule has 0 spiro atoms. The summed E-state index contributed by atoms with van der Waals surface area (Å²) >= 11 is 0. The third-order valence-electron chi connectivity index (χ3n) is 5.10. The molecule has 2 aliphatic rings. The second-order valence-corrected chi connectivity index (χ2v) is 6.84. The van der Waals surface area contributed by atoms with Gasteiger partial charge in [0.25, 0.3) is 0 Å². The van der Waals surface area contributed by atoms with Gasteiger partial charge in [0.15, 0.2) is 0 Å². The highest BCUT2D eigenvalue weighted by molar-refractivity contribution is 5.80. The van der Waals surface area contributed by atoms with Gasteiger partial charge in [0.05, 0.1) is 34.9 Å². The molecule has 1 aliphatic carbocycles. The van der Waals surface area contributed by atoms with Gasteiger partial charge in [0.2, 0.25) is 0 Å². The highest BCUT2D eigenvalue weighted by Crippen LogP contribution is 2.37. The van der Waals surface area contributed by atoms with Crippen LogP contribution < -0.4 is 10.2 Å². The van der Waals surface area contributed by atoms with E-state index in [4.69, 9.17) is 0 Å². The number of imidazole rings is 1. The predicted molar refractivity (Wildman–Crippen MR) is 96.3 cm³/mol. The molecule has 2 fully saturated rings. The Bertz CT molecular complexity index is 925. The van der Waals surface area contributed by atoms with Gasteiger partial charge in [-0.1, -0.05) is 6.07 Å². The lowest BCUT2D eigenvalue weighted by atomic mass is 10.1. The number of halogens is 1. The van der Waals surface area contributed by atoms with Crippen molar-refractivity contribution < 1.29 is 4.39 Å². The zero-order valence-corrected chi connectivity index (χ0v) is 14.0. The number of hydrogen-bond donors (Lipinski definition) is 1. The molecule has 0 atom stereocenters. The molecular formula is C19H20FN5. The molecule has 3 heterocycles. The van der Waals surface area contributed by atoms with Gasteiger partial charge in [0.1, 0.15) is 5.82 Å². The molecule has 1 N–H and O–H groups in total. The van der Waals surface area contributed by atoms with Crippen LogP contribution >= 0.6 is 0 Å². The Morgan fingerprint density at radius 3 is 2.68 bits per heavy atom. The summed E-state index contributed by atoms with van der Waals surface area (Å²) < 4.78 is 16.8. The molecule has 3 aromatic rings. The van der Waals surface area contributed by atoms with Gasteiger partial charge < -0.3 is 14.8 Å². The molecule has 128 valence electrons. The largest absolute Gasteiger partial charge is 0.367 e. The average molecular weight is 337 g/mol. The molecule has 1 aliphatic heterocycles. The number of aromatic nitrogens is 3. The van der Waals surface area contributed by atoms with E-state index in [-0.39, 0.29) is 5.82 Å². The minimum absolute atomic E-state index is 0.190. The van der Waals surface area contributed by atoms with E-state index >= 15 is 0 Å². The molecule has 1 saturated heterocycles. The molecule has 0 unspecified atom stereocenters. The van der Waals surface area contributed by atoms with Gasteiger partial charge >= 0.3 is 0 Å². The van der Waals surface area contributed by atoms with Crippen LogP contribution in [0.2, 0.25) is 0 Å². The summed E-state index contributed by atoms with van der Waals surface area (Å²) in [6.45, 7) is 3.45. The van der Waals surface area contributed by atoms with Crippen LogP contribution in [-0.4, -0.2) is 40.7 Å². The van der Waals surface area contributed by atoms with Gasteiger partial charge in [-0.25, -0.2) is 9.37 Å². The van der Waals surface area contributed by atoms with Crippen molar-refractivity contribution in [2.24, 2.45) is 0 Å². The molecule has 5 rings (SSSR count). The Balaban J connectivity index is 1.48. The van der Waals surface area contributed by atoms with E-state index in [0.717, 1.165) is 48.5 Å². The molecule has 1 aromatic carbocycles. The highest BCUT2D eigenvalue weighted by Gasteiger charge is 2.25.